The van der Waals surface area contributed by atoms with Gasteiger partial charge in [0, 0.05) is 30.2 Å². The Morgan fingerprint density at radius 1 is 1.05 bits per heavy atom. The lowest BCUT2D eigenvalue weighted by molar-refractivity contribution is -0.137. The van der Waals surface area contributed by atoms with Gasteiger partial charge >= 0.3 is 6.18 Å². The number of nitrogens with two attached hydrogens (primary N) is 1. The van der Waals surface area contributed by atoms with Crippen molar-refractivity contribution in [1.29, 1.82) is 0 Å². The van der Waals surface area contributed by atoms with Crippen LogP contribution in [-0.2, 0) is 16.5 Å². The number of hydrogen-bond donors (Lipinski definition) is 3. The molecule has 37 heavy (non-hydrogen) atoms. The van der Waals surface area contributed by atoms with Crippen LogP contribution in [0.15, 0.2) is 42.5 Å². The van der Waals surface area contributed by atoms with Gasteiger partial charge in [-0.2, -0.15) is 13.2 Å². The zero-order chi connectivity index (χ0) is 26.2. The van der Waals surface area contributed by atoms with Crippen LogP contribution in [0.5, 0.6) is 11.5 Å². The molecule has 2 fully saturated rings. The lowest BCUT2D eigenvalue weighted by Gasteiger charge is -2.48. The normalized spacial score (nSPS) is 23.8. The summed E-state index contributed by atoms with van der Waals surface area (Å²) in [7, 11) is 0. The van der Waals surface area contributed by atoms with Gasteiger partial charge in [-0.1, -0.05) is 12.1 Å². The molecule has 1 saturated heterocycles. The van der Waals surface area contributed by atoms with Gasteiger partial charge in [0.05, 0.1) is 18.2 Å². The quantitative estimate of drug-likeness (QED) is 0.543. The highest BCUT2D eigenvalue weighted by Gasteiger charge is 2.40. The van der Waals surface area contributed by atoms with Crippen molar-refractivity contribution in [1.82, 2.24) is 15.5 Å². The number of hydrogen-bond acceptors (Lipinski definition) is 6. The van der Waals surface area contributed by atoms with Gasteiger partial charge < -0.3 is 25.8 Å². The molecule has 8 nitrogen and oxygen atoms in total. The molecule has 11 heteroatoms. The number of nitrogens with zero attached hydrogens (tertiary/aromatic N) is 1. The predicted molar refractivity (Wildman–Crippen MR) is 128 cm³/mol. The van der Waals surface area contributed by atoms with E-state index in [9.17, 15) is 22.8 Å². The fraction of sp³-hybridized carbons (Fsp3) is 0.462. The van der Waals surface area contributed by atoms with Crippen LogP contribution in [0.1, 0.15) is 47.2 Å². The van der Waals surface area contributed by atoms with Crippen LogP contribution in [0.4, 0.5) is 13.2 Å². The van der Waals surface area contributed by atoms with Crippen molar-refractivity contribution < 1.29 is 32.2 Å². The van der Waals surface area contributed by atoms with Gasteiger partial charge in [0.1, 0.15) is 0 Å². The summed E-state index contributed by atoms with van der Waals surface area (Å²) >= 11 is 0. The molecule has 0 radical (unpaired) electrons. The average Bonchev–Trinajstić information content (AvgIpc) is 3.33. The zero-order valence-corrected chi connectivity index (χ0v) is 20.1. The fourth-order valence-electron chi connectivity index (χ4n) is 5.26. The van der Waals surface area contributed by atoms with E-state index in [1.54, 1.807) is 0 Å². The maximum absolute atomic E-state index is 12.8. The second-order valence-corrected chi connectivity index (χ2v) is 9.93. The van der Waals surface area contributed by atoms with E-state index in [1.807, 2.05) is 18.2 Å². The minimum absolute atomic E-state index is 0.0311. The number of carbonyl (C=O) groups is 2. The number of alkyl halides is 3. The Kier molecular flexibility index (Phi) is 6.76. The fourth-order valence-corrected chi connectivity index (χ4v) is 5.26. The first-order valence-corrected chi connectivity index (χ1v) is 12.3. The van der Waals surface area contributed by atoms with E-state index < -0.39 is 23.2 Å². The highest BCUT2D eigenvalue weighted by Crippen LogP contribution is 2.41. The maximum atomic E-state index is 12.8. The van der Waals surface area contributed by atoms with E-state index in [0.717, 1.165) is 60.9 Å². The Bertz CT molecular complexity index is 1170. The molecule has 2 aromatic carbocycles. The van der Waals surface area contributed by atoms with Crippen molar-refractivity contribution in [2.24, 2.45) is 5.73 Å². The van der Waals surface area contributed by atoms with Crippen molar-refractivity contribution in [3.05, 3.63) is 59.2 Å². The number of fused-ring (bicyclic) bond motifs is 1. The highest BCUT2D eigenvalue weighted by atomic mass is 19.4. The molecule has 198 valence electrons. The van der Waals surface area contributed by atoms with Crippen molar-refractivity contribution in [2.75, 3.05) is 26.4 Å². The monoisotopic (exact) mass is 518 g/mol. The zero-order valence-electron chi connectivity index (χ0n) is 20.1. The molecule has 0 aromatic heterocycles. The summed E-state index contributed by atoms with van der Waals surface area (Å²) in [6.45, 7) is 1.34. The SMILES string of the molecule is N[C@]1(c2ccc3c(c2)OCO3)CC[C@@H](N2CC(NC(=O)CNC(=O)c3cccc(C(F)(F)F)c3)C2)CC1. The number of carbonyl (C=O) groups excluding carboxylic acids is 2. The first-order valence-electron chi connectivity index (χ1n) is 12.3. The van der Waals surface area contributed by atoms with Gasteiger partial charge in [-0.15, -0.1) is 0 Å². The molecular formula is C26H29F3N4O4. The van der Waals surface area contributed by atoms with Gasteiger partial charge in [0.2, 0.25) is 12.7 Å². The number of rotatable bonds is 6. The summed E-state index contributed by atoms with van der Waals surface area (Å²) in [4.78, 5) is 26.8. The van der Waals surface area contributed by atoms with Crippen LogP contribution < -0.4 is 25.8 Å². The Morgan fingerprint density at radius 2 is 1.78 bits per heavy atom. The molecule has 0 unspecified atom stereocenters. The third kappa shape index (κ3) is 5.52. The lowest BCUT2D eigenvalue weighted by Crippen LogP contribution is -2.63. The summed E-state index contributed by atoms with van der Waals surface area (Å²) in [6.07, 6.45) is -0.976. The molecule has 2 amide bonds. The number of ether oxygens (including phenoxy) is 2. The van der Waals surface area contributed by atoms with Crippen molar-refractivity contribution in [3.8, 4) is 11.5 Å². The number of likely N-dealkylation sites (tertiary alicyclic amines) is 1. The molecule has 2 heterocycles. The first kappa shape index (κ1) is 25.3. The molecule has 2 aromatic rings. The molecule has 4 N–H and O–H groups in total. The van der Waals surface area contributed by atoms with E-state index in [2.05, 4.69) is 15.5 Å². The second-order valence-electron chi connectivity index (χ2n) is 9.93. The van der Waals surface area contributed by atoms with E-state index in [0.29, 0.717) is 19.1 Å². The number of benzene rings is 2. The summed E-state index contributed by atoms with van der Waals surface area (Å²) < 4.78 is 49.4. The van der Waals surface area contributed by atoms with Crippen LogP contribution in [0, 0.1) is 0 Å². The van der Waals surface area contributed by atoms with Crippen LogP contribution >= 0.6 is 0 Å². The third-order valence-corrected chi connectivity index (χ3v) is 7.45. The minimum atomic E-state index is -4.54. The van der Waals surface area contributed by atoms with Gasteiger partial charge in [0.15, 0.2) is 11.5 Å². The van der Waals surface area contributed by atoms with Gasteiger partial charge in [0.25, 0.3) is 5.91 Å². The molecular weight excluding hydrogens is 489 g/mol. The van der Waals surface area contributed by atoms with Crippen LogP contribution in [0.3, 0.4) is 0 Å². The van der Waals surface area contributed by atoms with Gasteiger partial charge in [-0.05, 0) is 61.6 Å². The van der Waals surface area contributed by atoms with E-state index in [1.165, 1.54) is 6.07 Å². The number of amides is 2. The van der Waals surface area contributed by atoms with Crippen molar-refractivity contribution in [2.45, 2.75) is 49.5 Å². The summed E-state index contributed by atoms with van der Waals surface area (Å²) in [5, 5.41) is 5.25. The molecule has 2 aliphatic heterocycles. The highest BCUT2D eigenvalue weighted by molar-refractivity contribution is 5.96. The molecule has 0 atom stereocenters. The van der Waals surface area contributed by atoms with Crippen LogP contribution in [-0.4, -0.2) is 55.2 Å². The molecule has 0 bridgehead atoms. The Labute approximate surface area is 212 Å². The lowest BCUT2D eigenvalue weighted by atomic mass is 9.74. The number of halogens is 3. The van der Waals surface area contributed by atoms with Crippen molar-refractivity contribution >= 4 is 11.8 Å². The summed E-state index contributed by atoms with van der Waals surface area (Å²) in [5.74, 6) is 0.366. The van der Waals surface area contributed by atoms with Crippen molar-refractivity contribution in [3.63, 3.8) is 0 Å². The van der Waals surface area contributed by atoms with Gasteiger partial charge in [-0.25, -0.2) is 0 Å². The predicted octanol–water partition coefficient (Wildman–Crippen LogP) is 2.76. The maximum Gasteiger partial charge on any atom is 0.416 e. The molecule has 1 saturated carbocycles. The molecule has 5 rings (SSSR count). The smallest absolute Gasteiger partial charge is 0.416 e. The molecule has 0 spiro atoms. The van der Waals surface area contributed by atoms with Crippen LogP contribution in [0.2, 0.25) is 0 Å². The van der Waals surface area contributed by atoms with Gasteiger partial charge in [-0.3, -0.25) is 14.5 Å². The summed E-state index contributed by atoms with van der Waals surface area (Å²) in [5.41, 5.74) is 6.34. The average molecular weight is 519 g/mol. The number of nitrogens with one attached hydrogen (secondary N) is 2. The third-order valence-electron chi connectivity index (χ3n) is 7.45. The largest absolute Gasteiger partial charge is 0.454 e. The second kappa shape index (κ2) is 9.86. The first-order chi connectivity index (χ1) is 17.6. The Balaban J connectivity index is 1.04. The Hall–Kier alpha value is -3.31. The topological polar surface area (TPSA) is 106 Å². The standard InChI is InChI=1S/C26H29F3N4O4/c27-26(28,29)18-3-1-2-16(10-18)24(35)31-12-23(34)32-19-13-33(14-19)20-6-8-25(30,9-7-20)17-4-5-21-22(11-17)37-15-36-21/h1-5,10-11,19-20H,6-9,12-15,30H2,(H,31,35)(H,32,34)/t20-,25-. The van der Waals surface area contributed by atoms with E-state index in [4.69, 9.17) is 15.2 Å². The summed E-state index contributed by atoms with van der Waals surface area (Å²) in [6, 6.07) is 10.3. The minimum Gasteiger partial charge on any atom is -0.454 e. The molecule has 1 aliphatic carbocycles. The molecule has 3 aliphatic rings. The van der Waals surface area contributed by atoms with E-state index >= 15 is 0 Å². The van der Waals surface area contributed by atoms with Crippen LogP contribution in [0.25, 0.3) is 0 Å². The van der Waals surface area contributed by atoms with E-state index in [-0.39, 0.29) is 30.9 Å². The Morgan fingerprint density at radius 3 is 2.51 bits per heavy atom.